The Labute approximate surface area is 167 Å². The molecule has 0 aliphatic heterocycles. The van der Waals surface area contributed by atoms with Crippen LogP contribution < -0.4 is 10.6 Å². The van der Waals surface area contributed by atoms with Gasteiger partial charge in [-0.25, -0.2) is 14.4 Å². The minimum Gasteiger partial charge on any atom is -0.361 e. The SMILES string of the molecule is CN=C(NCCc1c[nH]c2cc(F)ccc12)NCc1ccnc(-n2ccnc2)c1. The molecule has 0 aliphatic rings. The molecule has 3 N–H and O–H groups in total. The zero-order valence-electron chi connectivity index (χ0n) is 16.1. The highest BCUT2D eigenvalue weighted by Crippen LogP contribution is 2.19. The Hall–Kier alpha value is -3.68. The second-order valence-corrected chi connectivity index (χ2v) is 6.60. The van der Waals surface area contributed by atoms with Crippen molar-refractivity contribution in [3.8, 4) is 5.82 Å². The van der Waals surface area contributed by atoms with Gasteiger partial charge in [-0.05, 0) is 47.9 Å². The third-order valence-corrected chi connectivity index (χ3v) is 4.68. The predicted molar refractivity (Wildman–Crippen MR) is 112 cm³/mol. The second-order valence-electron chi connectivity index (χ2n) is 6.60. The summed E-state index contributed by atoms with van der Waals surface area (Å²) in [5.74, 6) is 1.30. The lowest BCUT2D eigenvalue weighted by Crippen LogP contribution is -2.37. The number of imidazole rings is 1. The molecule has 4 rings (SSSR count). The smallest absolute Gasteiger partial charge is 0.191 e. The van der Waals surface area contributed by atoms with Gasteiger partial charge in [0.1, 0.15) is 18.0 Å². The minimum absolute atomic E-state index is 0.235. The average molecular weight is 391 g/mol. The van der Waals surface area contributed by atoms with Crippen LogP contribution in [0, 0.1) is 5.82 Å². The molecule has 3 heterocycles. The van der Waals surface area contributed by atoms with Crippen molar-refractivity contribution in [3.05, 3.63) is 78.4 Å². The molecule has 8 heteroatoms. The summed E-state index contributed by atoms with van der Waals surface area (Å²) < 4.78 is 15.2. The monoisotopic (exact) mass is 391 g/mol. The maximum Gasteiger partial charge on any atom is 0.191 e. The molecule has 0 unspecified atom stereocenters. The van der Waals surface area contributed by atoms with Crippen LogP contribution in [0.4, 0.5) is 4.39 Å². The van der Waals surface area contributed by atoms with Gasteiger partial charge in [0.15, 0.2) is 5.96 Å². The van der Waals surface area contributed by atoms with Crippen molar-refractivity contribution < 1.29 is 4.39 Å². The van der Waals surface area contributed by atoms with E-state index in [1.54, 1.807) is 25.8 Å². The molecule has 148 valence electrons. The number of guanidine groups is 1. The summed E-state index contributed by atoms with van der Waals surface area (Å²) in [5, 5.41) is 7.67. The molecule has 7 nitrogen and oxygen atoms in total. The number of nitrogens with one attached hydrogen (secondary N) is 3. The molecular weight excluding hydrogens is 369 g/mol. The van der Waals surface area contributed by atoms with Crippen LogP contribution in [0.1, 0.15) is 11.1 Å². The van der Waals surface area contributed by atoms with Crippen LogP contribution in [0.3, 0.4) is 0 Å². The van der Waals surface area contributed by atoms with E-state index in [4.69, 9.17) is 0 Å². The summed E-state index contributed by atoms with van der Waals surface area (Å²) in [6.45, 7) is 1.33. The fourth-order valence-electron chi connectivity index (χ4n) is 3.19. The van der Waals surface area contributed by atoms with Gasteiger partial charge in [-0.1, -0.05) is 0 Å². The number of nitrogens with zero attached hydrogens (tertiary/aromatic N) is 4. The van der Waals surface area contributed by atoms with Crippen molar-refractivity contribution in [2.75, 3.05) is 13.6 Å². The van der Waals surface area contributed by atoms with Crippen molar-refractivity contribution >= 4 is 16.9 Å². The normalized spacial score (nSPS) is 11.7. The fourth-order valence-corrected chi connectivity index (χ4v) is 3.19. The number of aliphatic imine (C=N–C) groups is 1. The number of H-pyrrole nitrogens is 1. The number of halogens is 1. The standard InChI is InChI=1S/C21H22FN7/c1-23-21(26-7-5-16-13-27-19-11-17(22)2-3-18(16)19)28-12-15-4-6-25-20(10-15)29-9-8-24-14-29/h2-4,6,8-11,13-14,27H,5,7,12H2,1H3,(H2,23,26,28). The number of pyridine rings is 1. The van der Waals surface area contributed by atoms with Crippen LogP contribution in [-0.2, 0) is 13.0 Å². The molecular formula is C21H22FN7. The maximum absolute atomic E-state index is 13.3. The molecule has 0 saturated carbocycles. The van der Waals surface area contributed by atoms with Crippen LogP contribution in [0.15, 0.2) is 66.4 Å². The molecule has 29 heavy (non-hydrogen) atoms. The van der Waals surface area contributed by atoms with E-state index >= 15 is 0 Å². The molecule has 0 saturated heterocycles. The third kappa shape index (κ3) is 4.43. The highest BCUT2D eigenvalue weighted by atomic mass is 19.1. The first kappa shape index (κ1) is 18.7. The molecule has 0 fully saturated rings. The summed E-state index contributed by atoms with van der Waals surface area (Å²) in [6.07, 6.45) is 9.81. The summed E-state index contributed by atoms with van der Waals surface area (Å²) in [5.41, 5.74) is 3.04. The Morgan fingerprint density at radius 3 is 2.97 bits per heavy atom. The van der Waals surface area contributed by atoms with E-state index in [0.29, 0.717) is 13.1 Å². The van der Waals surface area contributed by atoms with E-state index in [-0.39, 0.29) is 5.82 Å². The molecule has 0 aliphatic carbocycles. The van der Waals surface area contributed by atoms with E-state index in [1.807, 2.05) is 35.2 Å². The van der Waals surface area contributed by atoms with Gasteiger partial charge in [0.25, 0.3) is 0 Å². The molecule has 0 bridgehead atoms. The van der Waals surface area contributed by atoms with Gasteiger partial charge in [0.05, 0.1) is 0 Å². The predicted octanol–water partition coefficient (Wildman–Crippen LogP) is 2.80. The maximum atomic E-state index is 13.3. The van der Waals surface area contributed by atoms with E-state index in [9.17, 15) is 4.39 Å². The molecule has 0 atom stereocenters. The first-order valence-corrected chi connectivity index (χ1v) is 9.36. The van der Waals surface area contributed by atoms with E-state index < -0.39 is 0 Å². The van der Waals surface area contributed by atoms with Crippen LogP contribution >= 0.6 is 0 Å². The molecule has 1 aromatic carbocycles. The van der Waals surface area contributed by atoms with Gasteiger partial charge in [-0.2, -0.15) is 0 Å². The lowest BCUT2D eigenvalue weighted by atomic mass is 10.1. The third-order valence-electron chi connectivity index (χ3n) is 4.68. The van der Waals surface area contributed by atoms with Crippen molar-refractivity contribution in [2.24, 2.45) is 4.99 Å². The number of fused-ring (bicyclic) bond motifs is 1. The van der Waals surface area contributed by atoms with Gasteiger partial charge in [-0.3, -0.25) is 9.56 Å². The highest BCUT2D eigenvalue weighted by Gasteiger charge is 2.06. The Morgan fingerprint density at radius 1 is 1.21 bits per heavy atom. The molecule has 4 aromatic rings. The summed E-state index contributed by atoms with van der Waals surface area (Å²) in [6, 6.07) is 8.78. The first-order chi connectivity index (χ1) is 14.2. The quantitative estimate of drug-likeness (QED) is 0.349. The Kier molecular flexibility index (Phi) is 5.51. The molecule has 0 amide bonds. The zero-order chi connectivity index (χ0) is 20.1. The average Bonchev–Trinajstić information content (AvgIpc) is 3.41. The fraction of sp³-hybridized carbons (Fsp3) is 0.190. The molecule has 0 spiro atoms. The lowest BCUT2D eigenvalue weighted by Gasteiger charge is -2.12. The Bertz CT molecular complexity index is 1120. The topological polar surface area (TPSA) is 82.9 Å². The molecule has 3 aromatic heterocycles. The largest absolute Gasteiger partial charge is 0.361 e. The van der Waals surface area contributed by atoms with Gasteiger partial charge in [0, 0.05) is 55.8 Å². The van der Waals surface area contributed by atoms with E-state index in [2.05, 4.69) is 30.6 Å². The van der Waals surface area contributed by atoms with Crippen LogP contribution in [0.2, 0.25) is 0 Å². The minimum atomic E-state index is -0.235. The van der Waals surface area contributed by atoms with Crippen molar-refractivity contribution in [2.45, 2.75) is 13.0 Å². The number of hydrogen-bond donors (Lipinski definition) is 3. The van der Waals surface area contributed by atoms with Gasteiger partial charge < -0.3 is 15.6 Å². The van der Waals surface area contributed by atoms with Crippen molar-refractivity contribution in [1.82, 2.24) is 30.2 Å². The van der Waals surface area contributed by atoms with E-state index in [0.717, 1.165) is 40.2 Å². The van der Waals surface area contributed by atoms with Crippen LogP contribution in [0.25, 0.3) is 16.7 Å². The van der Waals surface area contributed by atoms with Gasteiger partial charge >= 0.3 is 0 Å². The summed E-state index contributed by atoms with van der Waals surface area (Å²) in [7, 11) is 1.74. The van der Waals surface area contributed by atoms with Gasteiger partial charge in [0.2, 0.25) is 0 Å². The highest BCUT2D eigenvalue weighted by molar-refractivity contribution is 5.83. The summed E-state index contributed by atoms with van der Waals surface area (Å²) in [4.78, 5) is 15.8. The first-order valence-electron chi connectivity index (χ1n) is 9.36. The lowest BCUT2D eigenvalue weighted by molar-refractivity contribution is 0.629. The van der Waals surface area contributed by atoms with Crippen LogP contribution in [0.5, 0.6) is 0 Å². The number of rotatable bonds is 6. The van der Waals surface area contributed by atoms with Crippen molar-refractivity contribution in [1.29, 1.82) is 0 Å². The number of hydrogen-bond acceptors (Lipinski definition) is 3. The van der Waals surface area contributed by atoms with E-state index in [1.165, 1.54) is 12.1 Å². The Balaban J connectivity index is 1.31. The Morgan fingerprint density at radius 2 is 2.14 bits per heavy atom. The van der Waals surface area contributed by atoms with Gasteiger partial charge in [-0.15, -0.1) is 0 Å². The number of benzene rings is 1. The van der Waals surface area contributed by atoms with Crippen molar-refractivity contribution in [3.63, 3.8) is 0 Å². The van der Waals surface area contributed by atoms with Crippen LogP contribution in [-0.4, -0.2) is 39.1 Å². The number of aromatic nitrogens is 4. The number of aromatic amines is 1. The zero-order valence-corrected chi connectivity index (χ0v) is 16.1. The molecule has 0 radical (unpaired) electrons. The summed E-state index contributed by atoms with van der Waals surface area (Å²) >= 11 is 0. The second kappa shape index (κ2) is 8.55.